The second kappa shape index (κ2) is 5.50. The van der Waals surface area contributed by atoms with Crippen LogP contribution in [-0.4, -0.2) is 0 Å². The lowest BCUT2D eigenvalue weighted by molar-refractivity contribution is 0.690. The van der Waals surface area contributed by atoms with Crippen LogP contribution in [0.4, 0.5) is 0 Å². The van der Waals surface area contributed by atoms with E-state index in [1.165, 1.54) is 22.3 Å². The lowest BCUT2D eigenvalue weighted by Crippen LogP contribution is -2.09. The Morgan fingerprint density at radius 3 is 1.45 bits per heavy atom. The van der Waals surface area contributed by atoms with Gasteiger partial charge < -0.3 is 0 Å². The number of benzene rings is 2. The molecule has 1 aliphatic carbocycles. The summed E-state index contributed by atoms with van der Waals surface area (Å²) in [6.07, 6.45) is 4.81. The van der Waals surface area contributed by atoms with Crippen LogP contribution in [0, 0.1) is 5.92 Å². The first-order chi connectivity index (χ1) is 9.75. The highest BCUT2D eigenvalue weighted by Gasteiger charge is 2.24. The van der Waals surface area contributed by atoms with Gasteiger partial charge in [0.05, 0.1) is 0 Å². The van der Waals surface area contributed by atoms with Crippen LogP contribution in [0.3, 0.4) is 0 Å². The third kappa shape index (κ3) is 2.46. The van der Waals surface area contributed by atoms with Gasteiger partial charge in [0.2, 0.25) is 0 Å². The number of allylic oxidation sites excluding steroid dienone is 4. The Bertz CT molecular complexity index is 575. The van der Waals surface area contributed by atoms with Crippen LogP contribution in [0.2, 0.25) is 0 Å². The summed E-state index contributed by atoms with van der Waals surface area (Å²) in [6.45, 7) is 4.41. The molecule has 20 heavy (non-hydrogen) atoms. The second-order valence-corrected chi connectivity index (χ2v) is 5.58. The van der Waals surface area contributed by atoms with Gasteiger partial charge in [-0.2, -0.15) is 0 Å². The molecule has 0 spiro atoms. The number of hydrogen-bond donors (Lipinski definition) is 0. The molecule has 0 N–H and O–H groups in total. The third-order valence-corrected chi connectivity index (χ3v) is 4.21. The monoisotopic (exact) mass is 260 g/mol. The van der Waals surface area contributed by atoms with E-state index in [1.807, 2.05) is 0 Å². The van der Waals surface area contributed by atoms with Gasteiger partial charge in [-0.05, 0) is 25.0 Å². The van der Waals surface area contributed by atoms with Crippen LogP contribution in [0.25, 0.3) is 0 Å². The zero-order valence-electron chi connectivity index (χ0n) is 12.1. The normalized spacial score (nSPS) is 15.3. The lowest BCUT2D eigenvalue weighted by Gasteiger charge is -2.22. The van der Waals surface area contributed by atoms with E-state index < -0.39 is 0 Å². The number of rotatable bonds is 3. The standard InChI is InChI=1S/C20H20/c1-15-13-19(14-16(15)2)20(17-9-5-3-6-10-17)18-11-7-4-8-12-18/h3-14,19-20H,1-2H3. The minimum Gasteiger partial charge on any atom is -0.0735 e. The molecular formula is C20H20. The fraction of sp³-hybridized carbons (Fsp3) is 0.200. The van der Waals surface area contributed by atoms with Gasteiger partial charge in [-0.3, -0.25) is 0 Å². The first kappa shape index (κ1) is 12.9. The summed E-state index contributed by atoms with van der Waals surface area (Å²) in [6, 6.07) is 21.7. The van der Waals surface area contributed by atoms with Gasteiger partial charge in [0.15, 0.2) is 0 Å². The molecule has 2 aromatic carbocycles. The highest BCUT2D eigenvalue weighted by molar-refractivity contribution is 5.43. The Hall–Kier alpha value is -2.08. The highest BCUT2D eigenvalue weighted by atomic mass is 14.3. The van der Waals surface area contributed by atoms with E-state index in [2.05, 4.69) is 86.7 Å². The van der Waals surface area contributed by atoms with Crippen molar-refractivity contribution >= 4 is 0 Å². The molecule has 0 amide bonds. The summed E-state index contributed by atoms with van der Waals surface area (Å²) in [5.74, 6) is 0.865. The van der Waals surface area contributed by atoms with Gasteiger partial charge >= 0.3 is 0 Å². The molecule has 0 aliphatic heterocycles. The molecule has 0 heterocycles. The summed E-state index contributed by atoms with van der Waals surface area (Å²) in [5.41, 5.74) is 5.59. The first-order valence-electron chi connectivity index (χ1n) is 7.23. The minimum absolute atomic E-state index is 0.407. The second-order valence-electron chi connectivity index (χ2n) is 5.58. The fourth-order valence-electron chi connectivity index (χ4n) is 3.04. The van der Waals surface area contributed by atoms with E-state index in [0.717, 1.165) is 0 Å². The molecule has 0 bridgehead atoms. The summed E-state index contributed by atoms with van der Waals surface area (Å²) < 4.78 is 0. The maximum atomic E-state index is 2.40. The summed E-state index contributed by atoms with van der Waals surface area (Å²) in [7, 11) is 0. The van der Waals surface area contributed by atoms with E-state index in [9.17, 15) is 0 Å². The van der Waals surface area contributed by atoms with Gasteiger partial charge in [-0.1, -0.05) is 84.0 Å². The molecule has 3 rings (SSSR count). The van der Waals surface area contributed by atoms with Crippen molar-refractivity contribution in [3.05, 3.63) is 95.1 Å². The molecule has 0 aromatic heterocycles. The smallest absolute Gasteiger partial charge is 0.0187 e. The van der Waals surface area contributed by atoms with Crippen molar-refractivity contribution in [2.45, 2.75) is 19.8 Å². The lowest BCUT2D eigenvalue weighted by atomic mass is 9.81. The van der Waals surface area contributed by atoms with Crippen molar-refractivity contribution in [3.63, 3.8) is 0 Å². The van der Waals surface area contributed by atoms with Crippen LogP contribution >= 0.6 is 0 Å². The van der Waals surface area contributed by atoms with Crippen LogP contribution < -0.4 is 0 Å². The minimum atomic E-state index is 0.407. The molecule has 0 atom stereocenters. The molecule has 0 saturated heterocycles. The maximum absolute atomic E-state index is 2.40. The predicted octanol–water partition coefficient (Wildman–Crippen LogP) is 5.34. The van der Waals surface area contributed by atoms with E-state index in [-0.39, 0.29) is 0 Å². The quantitative estimate of drug-likeness (QED) is 0.698. The van der Waals surface area contributed by atoms with Gasteiger partial charge in [-0.15, -0.1) is 0 Å². The van der Waals surface area contributed by atoms with Crippen molar-refractivity contribution < 1.29 is 0 Å². The third-order valence-electron chi connectivity index (χ3n) is 4.21. The summed E-state index contributed by atoms with van der Waals surface area (Å²) >= 11 is 0. The maximum Gasteiger partial charge on any atom is 0.0187 e. The van der Waals surface area contributed by atoms with Gasteiger partial charge in [0, 0.05) is 11.8 Å². The van der Waals surface area contributed by atoms with Crippen LogP contribution in [0.1, 0.15) is 30.9 Å². The molecule has 0 fully saturated rings. The molecular weight excluding hydrogens is 240 g/mol. The average molecular weight is 260 g/mol. The van der Waals surface area contributed by atoms with Gasteiger partial charge in [0.1, 0.15) is 0 Å². The van der Waals surface area contributed by atoms with Crippen molar-refractivity contribution in [2.75, 3.05) is 0 Å². The topological polar surface area (TPSA) is 0 Å². The van der Waals surface area contributed by atoms with Crippen molar-refractivity contribution in [1.82, 2.24) is 0 Å². The van der Waals surface area contributed by atoms with Gasteiger partial charge in [-0.25, -0.2) is 0 Å². The van der Waals surface area contributed by atoms with E-state index >= 15 is 0 Å². The molecule has 0 radical (unpaired) electrons. The average Bonchev–Trinajstić information content (AvgIpc) is 2.81. The fourth-order valence-corrected chi connectivity index (χ4v) is 3.04. The Balaban J connectivity index is 2.06. The molecule has 1 aliphatic rings. The van der Waals surface area contributed by atoms with E-state index in [4.69, 9.17) is 0 Å². The largest absolute Gasteiger partial charge is 0.0735 e. The van der Waals surface area contributed by atoms with Crippen LogP contribution in [0.5, 0.6) is 0 Å². The molecule has 0 nitrogen and oxygen atoms in total. The first-order valence-corrected chi connectivity index (χ1v) is 7.23. The molecule has 0 unspecified atom stereocenters. The zero-order valence-corrected chi connectivity index (χ0v) is 12.1. The van der Waals surface area contributed by atoms with Crippen molar-refractivity contribution in [2.24, 2.45) is 5.92 Å². The van der Waals surface area contributed by atoms with E-state index in [0.29, 0.717) is 11.8 Å². The SMILES string of the molecule is CC1=CC(C(c2ccccc2)c2ccccc2)C=C1C. The Morgan fingerprint density at radius 1 is 0.650 bits per heavy atom. The molecule has 2 aromatic rings. The van der Waals surface area contributed by atoms with Crippen molar-refractivity contribution in [3.8, 4) is 0 Å². The van der Waals surface area contributed by atoms with Crippen LogP contribution in [-0.2, 0) is 0 Å². The summed E-state index contributed by atoms with van der Waals surface area (Å²) in [5, 5.41) is 0. The Kier molecular flexibility index (Phi) is 3.56. The van der Waals surface area contributed by atoms with E-state index in [1.54, 1.807) is 0 Å². The predicted molar refractivity (Wildman–Crippen MR) is 85.7 cm³/mol. The summed E-state index contributed by atoms with van der Waals surface area (Å²) in [4.78, 5) is 0. The molecule has 0 saturated carbocycles. The van der Waals surface area contributed by atoms with Gasteiger partial charge in [0.25, 0.3) is 0 Å². The molecule has 0 heteroatoms. The Morgan fingerprint density at radius 2 is 1.05 bits per heavy atom. The number of hydrogen-bond acceptors (Lipinski definition) is 0. The Labute approximate surface area is 121 Å². The zero-order chi connectivity index (χ0) is 13.9. The van der Waals surface area contributed by atoms with Crippen LogP contribution in [0.15, 0.2) is 84.0 Å². The van der Waals surface area contributed by atoms with Crippen molar-refractivity contribution in [1.29, 1.82) is 0 Å². The highest BCUT2D eigenvalue weighted by Crippen LogP contribution is 2.38. The molecule has 100 valence electrons.